The highest BCUT2D eigenvalue weighted by Crippen LogP contribution is 2.30. The van der Waals surface area contributed by atoms with Crippen LogP contribution in [0.15, 0.2) is 47.6 Å². The highest BCUT2D eigenvalue weighted by atomic mass is 35.5. The SMILES string of the molecule is Cc1ccc(C(=O)N[C@@H](c2nnc(SCC(=O)Nc3cccc(Cl)c3Cl)n2C)C(C)C)cc1. The number of amides is 2. The van der Waals surface area contributed by atoms with Crippen LogP contribution in [0.1, 0.15) is 41.6 Å². The lowest BCUT2D eigenvalue weighted by Crippen LogP contribution is -2.33. The fraction of sp³-hybridized carbons (Fsp3) is 0.304. The molecule has 0 unspecified atom stereocenters. The molecular formula is C23H25Cl2N5O2S. The molecule has 0 aliphatic carbocycles. The van der Waals surface area contributed by atoms with Gasteiger partial charge in [-0.25, -0.2) is 0 Å². The van der Waals surface area contributed by atoms with Crippen LogP contribution in [0.4, 0.5) is 5.69 Å². The molecule has 3 rings (SSSR count). The summed E-state index contributed by atoms with van der Waals surface area (Å²) in [7, 11) is 1.82. The van der Waals surface area contributed by atoms with Gasteiger partial charge in [-0.2, -0.15) is 0 Å². The van der Waals surface area contributed by atoms with Crippen LogP contribution in [0, 0.1) is 12.8 Å². The maximum absolute atomic E-state index is 12.8. The Morgan fingerprint density at radius 3 is 2.45 bits per heavy atom. The number of rotatable bonds is 8. The third kappa shape index (κ3) is 6.28. The van der Waals surface area contributed by atoms with E-state index < -0.39 is 0 Å². The number of hydrogen-bond donors (Lipinski definition) is 2. The lowest BCUT2D eigenvalue weighted by atomic mass is 10.0. The van der Waals surface area contributed by atoms with Gasteiger partial charge in [0.2, 0.25) is 5.91 Å². The van der Waals surface area contributed by atoms with Gasteiger partial charge in [0, 0.05) is 12.6 Å². The third-order valence-corrected chi connectivity index (χ3v) is 6.81. The number of anilines is 1. The minimum atomic E-state index is -0.343. The number of aromatic nitrogens is 3. The number of nitrogens with one attached hydrogen (secondary N) is 2. The van der Waals surface area contributed by atoms with Crippen molar-refractivity contribution in [3.05, 3.63) is 69.5 Å². The predicted molar refractivity (Wildman–Crippen MR) is 133 cm³/mol. The molecule has 174 valence electrons. The molecule has 1 heterocycles. The van der Waals surface area contributed by atoms with Crippen molar-refractivity contribution < 1.29 is 9.59 Å². The van der Waals surface area contributed by atoms with Gasteiger partial charge in [0.25, 0.3) is 5.91 Å². The summed E-state index contributed by atoms with van der Waals surface area (Å²) in [6.45, 7) is 5.98. The molecule has 1 atom stereocenters. The summed E-state index contributed by atoms with van der Waals surface area (Å²) in [4.78, 5) is 25.1. The first-order valence-corrected chi connectivity index (χ1v) is 12.0. The number of benzene rings is 2. The quantitative estimate of drug-likeness (QED) is 0.406. The number of thioether (sulfide) groups is 1. The van der Waals surface area contributed by atoms with Crippen LogP contribution < -0.4 is 10.6 Å². The molecule has 1 aromatic heterocycles. The van der Waals surface area contributed by atoms with Crippen molar-refractivity contribution >= 4 is 52.5 Å². The van der Waals surface area contributed by atoms with Crippen LogP contribution in [0.25, 0.3) is 0 Å². The van der Waals surface area contributed by atoms with E-state index in [0.29, 0.717) is 32.3 Å². The zero-order chi connectivity index (χ0) is 24.1. The van der Waals surface area contributed by atoms with E-state index in [1.54, 1.807) is 34.9 Å². The summed E-state index contributed by atoms with van der Waals surface area (Å²) in [6.07, 6.45) is 0. The Balaban J connectivity index is 1.67. The van der Waals surface area contributed by atoms with Crippen molar-refractivity contribution in [3.8, 4) is 0 Å². The van der Waals surface area contributed by atoms with Gasteiger partial charge in [0.05, 0.1) is 27.5 Å². The summed E-state index contributed by atoms with van der Waals surface area (Å²) < 4.78 is 1.80. The van der Waals surface area contributed by atoms with E-state index in [9.17, 15) is 9.59 Å². The van der Waals surface area contributed by atoms with Crippen molar-refractivity contribution in [3.63, 3.8) is 0 Å². The first-order valence-electron chi connectivity index (χ1n) is 10.3. The molecule has 10 heteroatoms. The van der Waals surface area contributed by atoms with Crippen LogP contribution in [-0.4, -0.2) is 32.3 Å². The molecule has 33 heavy (non-hydrogen) atoms. The highest BCUT2D eigenvalue weighted by molar-refractivity contribution is 7.99. The van der Waals surface area contributed by atoms with Crippen molar-refractivity contribution in [2.75, 3.05) is 11.1 Å². The first kappa shape index (κ1) is 25.1. The second-order valence-corrected chi connectivity index (χ2v) is 9.63. The normalized spacial score (nSPS) is 12.0. The summed E-state index contributed by atoms with van der Waals surface area (Å²) >= 11 is 13.4. The van der Waals surface area contributed by atoms with E-state index in [1.807, 2.05) is 40.0 Å². The summed E-state index contributed by atoms with van der Waals surface area (Å²) in [5, 5.41) is 15.5. The van der Waals surface area contributed by atoms with Crippen LogP contribution >= 0.6 is 35.0 Å². The molecule has 0 saturated carbocycles. The van der Waals surface area contributed by atoms with Crippen LogP contribution in [0.5, 0.6) is 0 Å². The van der Waals surface area contributed by atoms with Gasteiger partial charge in [-0.1, -0.05) is 72.6 Å². The van der Waals surface area contributed by atoms with E-state index in [0.717, 1.165) is 5.56 Å². The van der Waals surface area contributed by atoms with Gasteiger partial charge in [0.15, 0.2) is 11.0 Å². The molecule has 0 fully saturated rings. The molecule has 0 aliphatic heterocycles. The Kier molecular flexibility index (Phi) is 8.40. The Morgan fingerprint density at radius 2 is 1.79 bits per heavy atom. The topological polar surface area (TPSA) is 88.9 Å². The van der Waals surface area contributed by atoms with Gasteiger partial charge in [0.1, 0.15) is 0 Å². The predicted octanol–water partition coefficient (Wildman–Crippen LogP) is 5.29. The van der Waals surface area contributed by atoms with Crippen molar-refractivity contribution in [2.45, 2.75) is 32.0 Å². The van der Waals surface area contributed by atoms with Crippen molar-refractivity contribution in [1.29, 1.82) is 0 Å². The Hall–Kier alpha value is -2.55. The lowest BCUT2D eigenvalue weighted by molar-refractivity contribution is -0.113. The van der Waals surface area contributed by atoms with Crippen molar-refractivity contribution in [2.24, 2.45) is 13.0 Å². The number of halogens is 2. The Morgan fingerprint density at radius 1 is 1.09 bits per heavy atom. The summed E-state index contributed by atoms with van der Waals surface area (Å²) in [5.41, 5.74) is 2.12. The fourth-order valence-electron chi connectivity index (χ4n) is 3.10. The van der Waals surface area contributed by atoms with Gasteiger partial charge < -0.3 is 15.2 Å². The molecule has 3 aromatic rings. The van der Waals surface area contributed by atoms with Gasteiger partial charge in [-0.3, -0.25) is 9.59 Å². The molecular weight excluding hydrogens is 481 g/mol. The molecule has 2 N–H and O–H groups in total. The standard InChI is InChI=1S/C23H25Cl2N5O2S/c1-13(2)20(27-22(32)15-10-8-14(3)9-11-15)21-28-29-23(30(21)4)33-12-18(31)26-17-7-5-6-16(24)19(17)25/h5-11,13,20H,12H2,1-4H3,(H,26,31)(H,27,32)/t20-/m1/s1. The zero-order valence-corrected chi connectivity index (χ0v) is 21.1. The van der Waals surface area contributed by atoms with E-state index >= 15 is 0 Å². The lowest BCUT2D eigenvalue weighted by Gasteiger charge is -2.21. The van der Waals surface area contributed by atoms with E-state index in [-0.39, 0.29) is 29.5 Å². The molecule has 0 aliphatic rings. The average molecular weight is 506 g/mol. The number of nitrogens with zero attached hydrogens (tertiary/aromatic N) is 3. The van der Waals surface area contributed by atoms with Crippen molar-refractivity contribution in [1.82, 2.24) is 20.1 Å². The fourth-order valence-corrected chi connectivity index (χ4v) is 4.16. The third-order valence-electron chi connectivity index (χ3n) is 4.97. The highest BCUT2D eigenvalue weighted by Gasteiger charge is 2.25. The minimum absolute atomic E-state index is 0.0772. The van der Waals surface area contributed by atoms with Crippen LogP contribution in [0.2, 0.25) is 10.0 Å². The Bertz CT molecular complexity index is 1150. The second-order valence-electron chi connectivity index (χ2n) is 7.90. The zero-order valence-electron chi connectivity index (χ0n) is 18.7. The van der Waals surface area contributed by atoms with Gasteiger partial charge >= 0.3 is 0 Å². The largest absolute Gasteiger partial charge is 0.342 e. The van der Waals surface area contributed by atoms with E-state index in [4.69, 9.17) is 23.2 Å². The maximum atomic E-state index is 12.8. The molecule has 7 nitrogen and oxygen atoms in total. The Labute approximate surface area is 207 Å². The number of hydrogen-bond acceptors (Lipinski definition) is 5. The van der Waals surface area contributed by atoms with E-state index in [1.165, 1.54) is 11.8 Å². The van der Waals surface area contributed by atoms with Gasteiger partial charge in [-0.15, -0.1) is 10.2 Å². The maximum Gasteiger partial charge on any atom is 0.251 e. The van der Waals surface area contributed by atoms with Crippen LogP contribution in [0.3, 0.4) is 0 Å². The number of carbonyl (C=O) groups excluding carboxylic acids is 2. The number of carbonyl (C=O) groups is 2. The molecule has 0 radical (unpaired) electrons. The second kappa shape index (κ2) is 11.0. The number of aryl methyl sites for hydroxylation is 1. The molecule has 0 saturated heterocycles. The summed E-state index contributed by atoms with van der Waals surface area (Å²) in [6, 6.07) is 12.1. The summed E-state index contributed by atoms with van der Waals surface area (Å²) in [5.74, 6) is 0.377. The van der Waals surface area contributed by atoms with Gasteiger partial charge in [-0.05, 0) is 37.1 Å². The molecule has 0 spiro atoms. The molecule has 0 bridgehead atoms. The van der Waals surface area contributed by atoms with E-state index in [2.05, 4.69) is 20.8 Å². The molecule has 2 amide bonds. The van der Waals surface area contributed by atoms with Crippen LogP contribution in [-0.2, 0) is 11.8 Å². The average Bonchev–Trinajstić information content (AvgIpc) is 3.14. The molecule has 2 aromatic carbocycles. The first-order chi connectivity index (χ1) is 15.7. The monoisotopic (exact) mass is 505 g/mol. The smallest absolute Gasteiger partial charge is 0.251 e. The minimum Gasteiger partial charge on any atom is -0.342 e.